The van der Waals surface area contributed by atoms with E-state index in [-0.39, 0.29) is 5.69 Å². The first-order chi connectivity index (χ1) is 7.24. The molecule has 76 valence electrons. The molecule has 4 nitrogen and oxygen atoms in total. The lowest BCUT2D eigenvalue weighted by Gasteiger charge is -2.05. The Labute approximate surface area is 86.1 Å². The fraction of sp³-hybridized carbons (Fsp3) is 0.0909. The molecule has 0 aliphatic rings. The summed E-state index contributed by atoms with van der Waals surface area (Å²) in [7, 11) is 1.55. The van der Waals surface area contributed by atoms with Crippen molar-refractivity contribution in [2.24, 2.45) is 0 Å². The van der Waals surface area contributed by atoms with E-state index in [1.807, 2.05) is 0 Å². The van der Waals surface area contributed by atoms with Crippen molar-refractivity contribution in [3.8, 4) is 5.75 Å². The smallest absolute Gasteiger partial charge is 0.355 e. The van der Waals surface area contributed by atoms with Gasteiger partial charge in [-0.3, -0.25) is 0 Å². The van der Waals surface area contributed by atoms with Gasteiger partial charge < -0.3 is 9.84 Å². The van der Waals surface area contributed by atoms with Gasteiger partial charge in [0.15, 0.2) is 5.69 Å². The molecule has 4 heteroatoms. The third-order valence-electron chi connectivity index (χ3n) is 2.19. The van der Waals surface area contributed by atoms with Gasteiger partial charge in [-0.25, -0.2) is 9.78 Å². The summed E-state index contributed by atoms with van der Waals surface area (Å²) >= 11 is 0. The van der Waals surface area contributed by atoms with Crippen LogP contribution >= 0.6 is 0 Å². The summed E-state index contributed by atoms with van der Waals surface area (Å²) in [4.78, 5) is 14.7. The Hall–Kier alpha value is -2.10. The molecule has 0 unspecified atom stereocenters. The monoisotopic (exact) mass is 203 g/mol. The van der Waals surface area contributed by atoms with Crippen LogP contribution in [-0.2, 0) is 0 Å². The lowest BCUT2D eigenvalue weighted by Crippen LogP contribution is -2.01. The Balaban J connectivity index is 2.82. The van der Waals surface area contributed by atoms with Crippen LogP contribution in [-0.4, -0.2) is 23.2 Å². The lowest BCUT2D eigenvalue weighted by molar-refractivity contribution is 0.0693. The average Bonchev–Trinajstić information content (AvgIpc) is 2.27. The number of hydrogen-bond donors (Lipinski definition) is 1. The predicted molar refractivity (Wildman–Crippen MR) is 55.3 cm³/mol. The van der Waals surface area contributed by atoms with Crippen molar-refractivity contribution in [2.45, 2.75) is 0 Å². The van der Waals surface area contributed by atoms with Crippen molar-refractivity contribution in [2.75, 3.05) is 7.11 Å². The van der Waals surface area contributed by atoms with Crippen LogP contribution in [0.15, 0.2) is 30.5 Å². The first kappa shape index (κ1) is 9.45. The van der Waals surface area contributed by atoms with Crippen molar-refractivity contribution < 1.29 is 14.6 Å². The largest absolute Gasteiger partial charge is 0.496 e. The topological polar surface area (TPSA) is 59.4 Å². The van der Waals surface area contributed by atoms with Crippen LogP contribution in [0.2, 0.25) is 0 Å². The Kier molecular flexibility index (Phi) is 2.25. The number of pyridine rings is 1. The van der Waals surface area contributed by atoms with Gasteiger partial charge in [0.05, 0.1) is 7.11 Å². The highest BCUT2D eigenvalue weighted by Crippen LogP contribution is 2.26. The maximum atomic E-state index is 10.9. The zero-order valence-electron chi connectivity index (χ0n) is 8.10. The molecule has 0 atom stereocenters. The van der Waals surface area contributed by atoms with E-state index in [0.29, 0.717) is 11.1 Å². The molecular weight excluding hydrogens is 194 g/mol. The number of aromatic carboxylic acids is 1. The van der Waals surface area contributed by atoms with Gasteiger partial charge in [-0.2, -0.15) is 0 Å². The minimum absolute atomic E-state index is 0.0476. The predicted octanol–water partition coefficient (Wildman–Crippen LogP) is 1.94. The second kappa shape index (κ2) is 3.57. The van der Waals surface area contributed by atoms with Gasteiger partial charge in [-0.1, -0.05) is 12.1 Å². The molecule has 1 aromatic carbocycles. The van der Waals surface area contributed by atoms with Gasteiger partial charge in [-0.05, 0) is 12.1 Å². The zero-order valence-corrected chi connectivity index (χ0v) is 8.10. The van der Waals surface area contributed by atoms with Crippen LogP contribution in [0.3, 0.4) is 0 Å². The van der Waals surface area contributed by atoms with Gasteiger partial charge in [0, 0.05) is 17.0 Å². The van der Waals surface area contributed by atoms with Crippen LogP contribution in [0.25, 0.3) is 10.8 Å². The molecule has 0 saturated heterocycles. The maximum Gasteiger partial charge on any atom is 0.355 e. The molecule has 0 radical (unpaired) electrons. The molecule has 0 fully saturated rings. The fourth-order valence-electron chi connectivity index (χ4n) is 1.53. The quantitative estimate of drug-likeness (QED) is 0.810. The molecule has 1 N–H and O–H groups in total. The summed E-state index contributed by atoms with van der Waals surface area (Å²) in [6, 6.07) is 6.98. The number of carboxylic acids is 1. The van der Waals surface area contributed by atoms with E-state index in [1.165, 1.54) is 6.20 Å². The van der Waals surface area contributed by atoms with Gasteiger partial charge >= 0.3 is 5.97 Å². The zero-order chi connectivity index (χ0) is 10.8. The minimum Gasteiger partial charge on any atom is -0.496 e. The molecule has 0 saturated carbocycles. The minimum atomic E-state index is -1.03. The van der Waals surface area contributed by atoms with Gasteiger partial charge in [-0.15, -0.1) is 0 Å². The van der Waals surface area contributed by atoms with Crippen LogP contribution < -0.4 is 4.74 Å². The summed E-state index contributed by atoms with van der Waals surface area (Å²) in [5, 5.41) is 10.3. The van der Waals surface area contributed by atoms with Crippen LogP contribution in [0.1, 0.15) is 10.5 Å². The SMILES string of the molecule is COc1cccc2c(C(=O)O)nccc12. The number of ether oxygens (including phenoxy) is 1. The Morgan fingerprint density at radius 3 is 2.80 bits per heavy atom. The van der Waals surface area contributed by atoms with E-state index in [1.54, 1.807) is 31.4 Å². The summed E-state index contributed by atoms with van der Waals surface area (Å²) in [6.45, 7) is 0. The molecule has 1 heterocycles. The van der Waals surface area contributed by atoms with Crippen molar-refractivity contribution in [1.82, 2.24) is 4.98 Å². The number of nitrogens with zero attached hydrogens (tertiary/aromatic N) is 1. The van der Waals surface area contributed by atoms with Crippen molar-refractivity contribution in [3.63, 3.8) is 0 Å². The van der Waals surface area contributed by atoms with Crippen molar-refractivity contribution >= 4 is 16.7 Å². The number of fused-ring (bicyclic) bond motifs is 1. The van der Waals surface area contributed by atoms with Gasteiger partial charge in [0.25, 0.3) is 0 Å². The number of carbonyl (C=O) groups is 1. The number of aromatic nitrogens is 1. The molecule has 0 bridgehead atoms. The third-order valence-corrected chi connectivity index (χ3v) is 2.19. The van der Waals surface area contributed by atoms with E-state index in [2.05, 4.69) is 4.98 Å². The normalized spacial score (nSPS) is 10.2. The van der Waals surface area contributed by atoms with E-state index in [9.17, 15) is 4.79 Å². The molecule has 0 aliphatic carbocycles. The highest BCUT2D eigenvalue weighted by Gasteiger charge is 2.11. The number of carboxylic acid groups (broad SMARTS) is 1. The van der Waals surface area contributed by atoms with Crippen LogP contribution in [0.5, 0.6) is 5.75 Å². The fourth-order valence-corrected chi connectivity index (χ4v) is 1.53. The summed E-state index contributed by atoms with van der Waals surface area (Å²) in [5.41, 5.74) is 0.0476. The first-order valence-corrected chi connectivity index (χ1v) is 4.39. The summed E-state index contributed by atoms with van der Waals surface area (Å²) in [5.74, 6) is -0.383. The van der Waals surface area contributed by atoms with Gasteiger partial charge in [0.2, 0.25) is 0 Å². The molecule has 2 aromatic rings. The molecule has 2 rings (SSSR count). The van der Waals surface area contributed by atoms with Crippen LogP contribution in [0, 0.1) is 0 Å². The highest BCUT2D eigenvalue weighted by molar-refractivity contribution is 6.03. The Morgan fingerprint density at radius 2 is 2.13 bits per heavy atom. The first-order valence-electron chi connectivity index (χ1n) is 4.39. The molecule has 15 heavy (non-hydrogen) atoms. The molecule has 0 amide bonds. The molecular formula is C11H9NO3. The number of benzene rings is 1. The summed E-state index contributed by atoms with van der Waals surface area (Å²) in [6.07, 6.45) is 1.47. The van der Waals surface area contributed by atoms with Crippen molar-refractivity contribution in [3.05, 3.63) is 36.2 Å². The third kappa shape index (κ3) is 1.50. The molecule has 0 aliphatic heterocycles. The van der Waals surface area contributed by atoms with E-state index in [0.717, 1.165) is 5.39 Å². The Bertz CT molecular complexity index is 522. The van der Waals surface area contributed by atoms with E-state index in [4.69, 9.17) is 9.84 Å². The molecule has 0 spiro atoms. The van der Waals surface area contributed by atoms with Crippen molar-refractivity contribution in [1.29, 1.82) is 0 Å². The maximum absolute atomic E-state index is 10.9. The lowest BCUT2D eigenvalue weighted by atomic mass is 10.1. The average molecular weight is 203 g/mol. The second-order valence-corrected chi connectivity index (χ2v) is 3.02. The molecule has 1 aromatic heterocycles. The summed E-state index contributed by atoms with van der Waals surface area (Å²) < 4.78 is 5.14. The van der Waals surface area contributed by atoms with Gasteiger partial charge in [0.1, 0.15) is 5.75 Å². The highest BCUT2D eigenvalue weighted by atomic mass is 16.5. The van der Waals surface area contributed by atoms with E-state index < -0.39 is 5.97 Å². The van der Waals surface area contributed by atoms with E-state index >= 15 is 0 Å². The number of methoxy groups -OCH3 is 1. The standard InChI is InChI=1S/C11H9NO3/c1-15-9-4-2-3-8-7(9)5-6-12-10(8)11(13)14/h2-6H,1H3,(H,13,14). The number of rotatable bonds is 2. The number of hydrogen-bond acceptors (Lipinski definition) is 3. The second-order valence-electron chi connectivity index (χ2n) is 3.02. The van der Waals surface area contributed by atoms with Crippen LogP contribution in [0.4, 0.5) is 0 Å². The Morgan fingerprint density at radius 1 is 1.33 bits per heavy atom.